The number of hydrogen-bond donors (Lipinski definition) is 1. The van der Waals surface area contributed by atoms with Crippen molar-refractivity contribution in [2.75, 3.05) is 6.54 Å². The number of rotatable bonds is 5. The molecule has 0 aliphatic heterocycles. The molecule has 0 aliphatic rings. The second-order valence-electron chi connectivity index (χ2n) is 4.05. The van der Waals surface area contributed by atoms with Crippen molar-refractivity contribution in [2.45, 2.75) is 44.4 Å². The van der Waals surface area contributed by atoms with Gasteiger partial charge in [-0.25, -0.2) is 0 Å². The van der Waals surface area contributed by atoms with Gasteiger partial charge in [-0.05, 0) is 30.7 Å². The fourth-order valence-electron chi connectivity index (χ4n) is 1.48. The van der Waals surface area contributed by atoms with Gasteiger partial charge in [-0.1, -0.05) is 32.9 Å². The molecular weight excluding hydrogens is 202 g/mol. The molecule has 0 bridgehead atoms. The largest absolute Gasteiger partial charge is 0.313 e. The summed E-state index contributed by atoms with van der Waals surface area (Å²) in [6.45, 7) is 10.8. The van der Waals surface area contributed by atoms with Crippen LogP contribution in [0.1, 0.15) is 31.9 Å². The number of nitrogens with one attached hydrogen (secondary N) is 1. The van der Waals surface area contributed by atoms with Gasteiger partial charge < -0.3 is 5.32 Å². The molecule has 0 fully saturated rings. The van der Waals surface area contributed by atoms with Crippen LogP contribution in [0, 0.1) is 6.92 Å². The number of thioether (sulfide) groups is 1. The Morgan fingerprint density at radius 1 is 1.33 bits per heavy atom. The van der Waals surface area contributed by atoms with Gasteiger partial charge in [0, 0.05) is 16.7 Å². The van der Waals surface area contributed by atoms with Crippen LogP contribution in [0.5, 0.6) is 0 Å². The lowest BCUT2D eigenvalue weighted by Gasteiger charge is -2.10. The standard InChI is InChI=1S/C13H21NS/c1-5-14-9-12-6-7-13(11(4)8-12)15-10(2)3/h6-8,10,14H,5,9H2,1-4H3. The van der Waals surface area contributed by atoms with Crippen LogP contribution in [0.15, 0.2) is 23.1 Å². The third-order valence-corrected chi connectivity index (χ3v) is 3.36. The molecule has 0 saturated carbocycles. The van der Waals surface area contributed by atoms with Crippen molar-refractivity contribution in [3.8, 4) is 0 Å². The lowest BCUT2D eigenvalue weighted by Crippen LogP contribution is -2.11. The van der Waals surface area contributed by atoms with Crippen LogP contribution in [-0.2, 0) is 6.54 Å². The normalized spacial score (nSPS) is 11.0. The summed E-state index contributed by atoms with van der Waals surface area (Å²) in [5, 5.41) is 4.00. The predicted octanol–water partition coefficient (Wildman–Crippen LogP) is 3.61. The van der Waals surface area contributed by atoms with E-state index in [1.165, 1.54) is 16.0 Å². The first kappa shape index (κ1) is 12.6. The van der Waals surface area contributed by atoms with Crippen LogP contribution in [-0.4, -0.2) is 11.8 Å². The maximum atomic E-state index is 3.35. The van der Waals surface area contributed by atoms with Crippen molar-refractivity contribution < 1.29 is 0 Å². The van der Waals surface area contributed by atoms with Gasteiger partial charge in [0.2, 0.25) is 0 Å². The highest BCUT2D eigenvalue weighted by atomic mass is 32.2. The summed E-state index contributed by atoms with van der Waals surface area (Å²) < 4.78 is 0. The van der Waals surface area contributed by atoms with Crippen molar-refractivity contribution in [1.29, 1.82) is 0 Å². The van der Waals surface area contributed by atoms with Gasteiger partial charge >= 0.3 is 0 Å². The summed E-state index contributed by atoms with van der Waals surface area (Å²) in [6.07, 6.45) is 0. The Morgan fingerprint density at radius 2 is 2.07 bits per heavy atom. The average Bonchev–Trinajstić information content (AvgIpc) is 2.18. The monoisotopic (exact) mass is 223 g/mol. The topological polar surface area (TPSA) is 12.0 Å². The van der Waals surface area contributed by atoms with Gasteiger partial charge in [0.1, 0.15) is 0 Å². The maximum absolute atomic E-state index is 3.35. The summed E-state index contributed by atoms with van der Waals surface area (Å²) in [5.41, 5.74) is 2.77. The molecular formula is C13H21NS. The van der Waals surface area contributed by atoms with Crippen LogP contribution >= 0.6 is 11.8 Å². The average molecular weight is 223 g/mol. The zero-order valence-corrected chi connectivity index (χ0v) is 10.9. The minimum Gasteiger partial charge on any atom is -0.313 e. The molecule has 1 aromatic carbocycles. The van der Waals surface area contributed by atoms with E-state index >= 15 is 0 Å². The zero-order chi connectivity index (χ0) is 11.3. The molecule has 0 aliphatic carbocycles. The third-order valence-electron chi connectivity index (χ3n) is 2.18. The first-order valence-corrected chi connectivity index (χ1v) is 6.48. The summed E-state index contributed by atoms with van der Waals surface area (Å²) in [7, 11) is 0. The molecule has 0 spiro atoms. The smallest absolute Gasteiger partial charge is 0.0205 e. The summed E-state index contributed by atoms with van der Waals surface area (Å²) in [4.78, 5) is 1.41. The molecule has 15 heavy (non-hydrogen) atoms. The van der Waals surface area contributed by atoms with Crippen molar-refractivity contribution in [1.82, 2.24) is 5.32 Å². The minimum absolute atomic E-state index is 0.656. The number of hydrogen-bond acceptors (Lipinski definition) is 2. The van der Waals surface area contributed by atoms with Crippen molar-refractivity contribution in [3.63, 3.8) is 0 Å². The Morgan fingerprint density at radius 3 is 2.60 bits per heavy atom. The second kappa shape index (κ2) is 6.19. The molecule has 2 heteroatoms. The van der Waals surface area contributed by atoms with E-state index in [1.54, 1.807) is 0 Å². The molecule has 1 nitrogen and oxygen atoms in total. The van der Waals surface area contributed by atoms with E-state index in [1.807, 2.05) is 11.8 Å². The molecule has 0 saturated heterocycles. The molecule has 0 unspecified atom stereocenters. The predicted molar refractivity (Wildman–Crippen MR) is 69.6 cm³/mol. The lowest BCUT2D eigenvalue weighted by atomic mass is 10.1. The van der Waals surface area contributed by atoms with Crippen molar-refractivity contribution in [2.24, 2.45) is 0 Å². The summed E-state index contributed by atoms with van der Waals surface area (Å²) >= 11 is 1.94. The van der Waals surface area contributed by atoms with Gasteiger partial charge in [0.05, 0.1) is 0 Å². The van der Waals surface area contributed by atoms with E-state index in [2.05, 4.69) is 51.2 Å². The van der Waals surface area contributed by atoms with Gasteiger partial charge in [-0.15, -0.1) is 11.8 Å². The lowest BCUT2D eigenvalue weighted by molar-refractivity contribution is 0.726. The van der Waals surface area contributed by atoms with E-state index in [4.69, 9.17) is 0 Å². The van der Waals surface area contributed by atoms with Crippen LogP contribution in [0.25, 0.3) is 0 Å². The van der Waals surface area contributed by atoms with E-state index in [0.29, 0.717) is 5.25 Å². The van der Waals surface area contributed by atoms with E-state index in [-0.39, 0.29) is 0 Å². The molecule has 1 rings (SSSR count). The Kier molecular flexibility index (Phi) is 5.20. The van der Waals surface area contributed by atoms with Crippen LogP contribution in [0.3, 0.4) is 0 Å². The van der Waals surface area contributed by atoms with Gasteiger partial charge in [-0.3, -0.25) is 0 Å². The van der Waals surface area contributed by atoms with Crippen molar-refractivity contribution >= 4 is 11.8 Å². The van der Waals surface area contributed by atoms with Gasteiger partial charge in [0.25, 0.3) is 0 Å². The van der Waals surface area contributed by atoms with E-state index < -0.39 is 0 Å². The highest BCUT2D eigenvalue weighted by Crippen LogP contribution is 2.26. The fraction of sp³-hybridized carbons (Fsp3) is 0.538. The Hall–Kier alpha value is -0.470. The van der Waals surface area contributed by atoms with Crippen molar-refractivity contribution in [3.05, 3.63) is 29.3 Å². The molecule has 0 atom stereocenters. The molecule has 0 heterocycles. The summed E-state index contributed by atoms with van der Waals surface area (Å²) in [6, 6.07) is 6.75. The molecule has 0 aromatic heterocycles. The summed E-state index contributed by atoms with van der Waals surface area (Å²) in [5.74, 6) is 0. The number of aryl methyl sites for hydroxylation is 1. The first-order valence-electron chi connectivity index (χ1n) is 5.60. The fourth-order valence-corrected chi connectivity index (χ4v) is 2.38. The molecule has 84 valence electrons. The highest BCUT2D eigenvalue weighted by molar-refractivity contribution is 8.00. The SMILES string of the molecule is CCNCc1ccc(SC(C)C)c(C)c1. The minimum atomic E-state index is 0.656. The van der Waals surface area contributed by atoms with Crippen LogP contribution in [0.2, 0.25) is 0 Å². The molecule has 0 amide bonds. The Bertz CT molecular complexity index is 307. The Labute approximate surface area is 97.7 Å². The first-order chi connectivity index (χ1) is 7.13. The molecule has 1 aromatic rings. The van der Waals surface area contributed by atoms with Gasteiger partial charge in [-0.2, -0.15) is 0 Å². The number of benzene rings is 1. The van der Waals surface area contributed by atoms with Crippen LogP contribution in [0.4, 0.5) is 0 Å². The van der Waals surface area contributed by atoms with Gasteiger partial charge in [0.15, 0.2) is 0 Å². The van der Waals surface area contributed by atoms with Crippen LogP contribution < -0.4 is 5.32 Å². The molecule has 0 radical (unpaired) electrons. The third kappa shape index (κ3) is 4.27. The zero-order valence-electron chi connectivity index (χ0n) is 10.1. The highest BCUT2D eigenvalue weighted by Gasteiger charge is 2.02. The quantitative estimate of drug-likeness (QED) is 0.765. The van der Waals surface area contributed by atoms with E-state index in [9.17, 15) is 0 Å². The Balaban J connectivity index is 2.70. The second-order valence-corrected chi connectivity index (χ2v) is 5.67. The van der Waals surface area contributed by atoms with E-state index in [0.717, 1.165) is 13.1 Å². The maximum Gasteiger partial charge on any atom is 0.0205 e. The molecule has 1 N–H and O–H groups in total.